The Kier molecular flexibility index (Phi) is 3.85. The first-order valence-electron chi connectivity index (χ1n) is 4.59. The summed E-state index contributed by atoms with van der Waals surface area (Å²) in [4.78, 5) is 21.7. The van der Waals surface area contributed by atoms with Crippen molar-refractivity contribution in [2.24, 2.45) is 0 Å². The molecule has 0 aromatic heterocycles. The minimum absolute atomic E-state index is 0.108. The smallest absolute Gasteiger partial charge is 0.330 e. The summed E-state index contributed by atoms with van der Waals surface area (Å²) in [6.07, 6.45) is 0. The van der Waals surface area contributed by atoms with E-state index in [1.807, 2.05) is 13.0 Å². The molecule has 0 saturated heterocycles. The summed E-state index contributed by atoms with van der Waals surface area (Å²) in [7, 11) is 0. The summed E-state index contributed by atoms with van der Waals surface area (Å²) in [5, 5.41) is 2.37. The molecule has 0 radical (unpaired) electrons. The number of carbonyl (C=O) groups excluding carboxylic acids is 2. The number of ether oxygens (including phenoxy) is 1. The highest BCUT2D eigenvalue weighted by atomic mass is 16.5. The Morgan fingerprint density at radius 2 is 2.13 bits per heavy atom. The van der Waals surface area contributed by atoms with Crippen LogP contribution in [0.5, 0.6) is 5.75 Å². The minimum atomic E-state index is -0.476. The van der Waals surface area contributed by atoms with Gasteiger partial charge in [0.1, 0.15) is 12.3 Å². The van der Waals surface area contributed by atoms with Crippen LogP contribution >= 0.6 is 0 Å². The van der Waals surface area contributed by atoms with E-state index in [-0.39, 0.29) is 12.5 Å². The maximum Gasteiger partial charge on any atom is 0.330 e. The first-order chi connectivity index (χ1) is 7.08. The molecule has 0 aliphatic carbocycles. The maximum absolute atomic E-state index is 11.2. The zero-order valence-electron chi connectivity index (χ0n) is 8.74. The number of nitrogens with one attached hydrogen (secondary N) is 1. The Labute approximate surface area is 88.2 Å². The number of esters is 1. The molecular weight excluding hydrogens is 194 g/mol. The van der Waals surface area contributed by atoms with Gasteiger partial charge in [0.15, 0.2) is 0 Å². The van der Waals surface area contributed by atoms with Crippen LogP contribution in [0.1, 0.15) is 12.5 Å². The predicted octanol–water partition coefficient (Wildman–Crippen LogP) is 1.04. The van der Waals surface area contributed by atoms with Crippen LogP contribution in [-0.4, -0.2) is 18.4 Å². The molecule has 0 aliphatic heterocycles. The van der Waals surface area contributed by atoms with Gasteiger partial charge in [-0.2, -0.15) is 0 Å². The van der Waals surface area contributed by atoms with Crippen molar-refractivity contribution in [3.05, 3.63) is 29.8 Å². The number of amides is 1. The third-order valence-corrected chi connectivity index (χ3v) is 1.70. The lowest BCUT2D eigenvalue weighted by molar-refractivity contribution is -0.135. The largest absolute Gasteiger partial charge is 0.425 e. The molecule has 1 rings (SSSR count). The van der Waals surface area contributed by atoms with Gasteiger partial charge in [-0.15, -0.1) is 0 Å². The number of rotatable bonds is 3. The monoisotopic (exact) mass is 207 g/mol. The van der Waals surface area contributed by atoms with Gasteiger partial charge in [0, 0.05) is 6.92 Å². The Morgan fingerprint density at radius 3 is 2.73 bits per heavy atom. The first kappa shape index (κ1) is 11.2. The summed E-state index contributed by atoms with van der Waals surface area (Å²) >= 11 is 0. The fraction of sp³-hybridized carbons (Fsp3) is 0.273. The summed E-state index contributed by atoms with van der Waals surface area (Å²) in [6, 6.07) is 7.16. The normalized spacial score (nSPS) is 9.47. The van der Waals surface area contributed by atoms with Gasteiger partial charge >= 0.3 is 5.97 Å². The van der Waals surface area contributed by atoms with E-state index in [0.29, 0.717) is 5.75 Å². The summed E-state index contributed by atoms with van der Waals surface area (Å²) < 4.78 is 4.99. The zero-order chi connectivity index (χ0) is 11.3. The van der Waals surface area contributed by atoms with Gasteiger partial charge in [-0.1, -0.05) is 12.1 Å². The summed E-state index contributed by atoms with van der Waals surface area (Å²) in [5.74, 6) is -0.239. The van der Waals surface area contributed by atoms with Crippen LogP contribution in [0, 0.1) is 6.92 Å². The lowest BCUT2D eigenvalue weighted by Crippen LogP contribution is -2.29. The average molecular weight is 207 g/mol. The number of hydrogen-bond donors (Lipinski definition) is 1. The number of carbonyl (C=O) groups is 2. The topological polar surface area (TPSA) is 55.4 Å². The standard InChI is InChI=1S/C11H13NO3/c1-8-4-3-5-10(6-8)15-11(14)7-12-9(2)13/h3-6H,7H2,1-2H3,(H,12,13). The molecule has 80 valence electrons. The molecule has 1 N–H and O–H groups in total. The van der Waals surface area contributed by atoms with Gasteiger partial charge in [0.2, 0.25) is 5.91 Å². The van der Waals surface area contributed by atoms with E-state index in [4.69, 9.17) is 4.74 Å². The molecule has 1 aromatic rings. The summed E-state index contributed by atoms with van der Waals surface area (Å²) in [5.41, 5.74) is 1.01. The van der Waals surface area contributed by atoms with Crippen LogP contribution in [-0.2, 0) is 9.59 Å². The predicted molar refractivity (Wildman–Crippen MR) is 55.5 cm³/mol. The van der Waals surface area contributed by atoms with Crippen molar-refractivity contribution in [1.29, 1.82) is 0 Å². The molecule has 0 atom stereocenters. The SMILES string of the molecule is CC(=O)NCC(=O)Oc1cccc(C)c1. The molecule has 15 heavy (non-hydrogen) atoms. The number of benzene rings is 1. The van der Waals surface area contributed by atoms with Crippen molar-refractivity contribution in [3.8, 4) is 5.75 Å². The van der Waals surface area contributed by atoms with E-state index in [1.54, 1.807) is 18.2 Å². The van der Waals surface area contributed by atoms with Crippen molar-refractivity contribution >= 4 is 11.9 Å². The molecule has 0 spiro atoms. The van der Waals surface area contributed by atoms with E-state index in [2.05, 4.69) is 5.32 Å². The van der Waals surface area contributed by atoms with Crippen LogP contribution in [0.25, 0.3) is 0 Å². The van der Waals surface area contributed by atoms with Crippen LogP contribution in [0.2, 0.25) is 0 Å². The molecule has 0 aliphatic rings. The number of hydrogen-bond acceptors (Lipinski definition) is 3. The van der Waals surface area contributed by atoms with Crippen LogP contribution in [0.3, 0.4) is 0 Å². The first-order valence-corrected chi connectivity index (χ1v) is 4.59. The second-order valence-corrected chi connectivity index (χ2v) is 3.20. The van der Waals surface area contributed by atoms with E-state index in [9.17, 15) is 9.59 Å². The van der Waals surface area contributed by atoms with Crippen molar-refractivity contribution in [2.45, 2.75) is 13.8 Å². The highest BCUT2D eigenvalue weighted by Crippen LogP contribution is 2.12. The lowest BCUT2D eigenvalue weighted by atomic mass is 10.2. The van der Waals surface area contributed by atoms with E-state index < -0.39 is 5.97 Å². The van der Waals surface area contributed by atoms with E-state index >= 15 is 0 Å². The van der Waals surface area contributed by atoms with Crippen molar-refractivity contribution in [1.82, 2.24) is 5.32 Å². The Morgan fingerprint density at radius 1 is 1.40 bits per heavy atom. The molecule has 0 bridgehead atoms. The van der Waals surface area contributed by atoms with Gasteiger partial charge in [-0.3, -0.25) is 4.79 Å². The van der Waals surface area contributed by atoms with Crippen molar-refractivity contribution < 1.29 is 14.3 Å². The molecule has 0 heterocycles. The highest BCUT2D eigenvalue weighted by Gasteiger charge is 2.04. The van der Waals surface area contributed by atoms with Crippen molar-refractivity contribution in [2.75, 3.05) is 6.54 Å². The highest BCUT2D eigenvalue weighted by molar-refractivity contribution is 5.81. The van der Waals surface area contributed by atoms with Gasteiger partial charge < -0.3 is 10.1 Å². The fourth-order valence-electron chi connectivity index (χ4n) is 1.04. The minimum Gasteiger partial charge on any atom is -0.425 e. The van der Waals surface area contributed by atoms with E-state index in [1.165, 1.54) is 6.92 Å². The second kappa shape index (κ2) is 5.14. The van der Waals surface area contributed by atoms with Crippen LogP contribution < -0.4 is 10.1 Å². The van der Waals surface area contributed by atoms with Crippen LogP contribution in [0.4, 0.5) is 0 Å². The quantitative estimate of drug-likeness (QED) is 0.595. The van der Waals surface area contributed by atoms with Gasteiger partial charge in [0.05, 0.1) is 0 Å². The molecule has 0 fully saturated rings. The Bertz CT molecular complexity index is 374. The second-order valence-electron chi connectivity index (χ2n) is 3.20. The van der Waals surface area contributed by atoms with Gasteiger partial charge in [-0.05, 0) is 24.6 Å². The van der Waals surface area contributed by atoms with Crippen LogP contribution in [0.15, 0.2) is 24.3 Å². The van der Waals surface area contributed by atoms with Gasteiger partial charge in [-0.25, -0.2) is 4.79 Å². The maximum atomic E-state index is 11.2. The van der Waals surface area contributed by atoms with E-state index in [0.717, 1.165) is 5.56 Å². The Hall–Kier alpha value is -1.84. The molecule has 0 saturated carbocycles. The molecular formula is C11H13NO3. The molecule has 1 amide bonds. The molecule has 4 heteroatoms. The average Bonchev–Trinajstić information content (AvgIpc) is 2.15. The Balaban J connectivity index is 2.48. The zero-order valence-corrected chi connectivity index (χ0v) is 8.74. The molecule has 0 unspecified atom stereocenters. The van der Waals surface area contributed by atoms with Gasteiger partial charge in [0.25, 0.3) is 0 Å². The molecule has 1 aromatic carbocycles. The fourth-order valence-corrected chi connectivity index (χ4v) is 1.04. The summed E-state index contributed by atoms with van der Waals surface area (Å²) in [6.45, 7) is 3.15. The number of aryl methyl sites for hydroxylation is 1. The lowest BCUT2D eigenvalue weighted by Gasteiger charge is -2.04. The third kappa shape index (κ3) is 4.26. The molecule has 4 nitrogen and oxygen atoms in total. The van der Waals surface area contributed by atoms with Crippen molar-refractivity contribution in [3.63, 3.8) is 0 Å². The third-order valence-electron chi connectivity index (χ3n) is 1.70.